The van der Waals surface area contributed by atoms with E-state index in [0.717, 1.165) is 44.5 Å². The van der Waals surface area contributed by atoms with Crippen LogP contribution in [0.15, 0.2) is 18.2 Å². The number of carbonyl (C=O) groups excluding carboxylic acids is 1. The lowest BCUT2D eigenvalue weighted by molar-refractivity contribution is 0.0709. The first kappa shape index (κ1) is 15.9. The van der Waals surface area contributed by atoms with Gasteiger partial charge in [-0.1, -0.05) is 13.0 Å². The van der Waals surface area contributed by atoms with E-state index in [1.165, 1.54) is 6.07 Å². The smallest absolute Gasteiger partial charge is 0.259 e. The minimum Gasteiger partial charge on any atom is -0.338 e. The molecule has 1 fully saturated rings. The number of carbonyl (C=O) groups is 1. The molecule has 2 rings (SSSR count). The Morgan fingerprint density at radius 1 is 1.38 bits per heavy atom. The van der Waals surface area contributed by atoms with Crippen LogP contribution in [0.2, 0.25) is 0 Å². The third-order valence-corrected chi connectivity index (χ3v) is 3.83. The van der Waals surface area contributed by atoms with Crippen LogP contribution in [0.3, 0.4) is 0 Å². The number of halogens is 2. The second-order valence-electron chi connectivity index (χ2n) is 5.56. The van der Waals surface area contributed by atoms with Crippen molar-refractivity contribution in [2.75, 3.05) is 26.2 Å². The second-order valence-corrected chi connectivity index (χ2v) is 5.56. The molecule has 1 atom stereocenters. The summed E-state index contributed by atoms with van der Waals surface area (Å²) in [5.74, 6) is -1.77. The van der Waals surface area contributed by atoms with Crippen LogP contribution in [0, 0.1) is 17.6 Å². The minimum absolute atomic E-state index is 0.351. The molecule has 21 heavy (non-hydrogen) atoms. The van der Waals surface area contributed by atoms with Crippen LogP contribution in [0.1, 0.15) is 36.5 Å². The van der Waals surface area contributed by atoms with Crippen molar-refractivity contribution < 1.29 is 13.6 Å². The number of hydrogen-bond donors (Lipinski definition) is 1. The highest BCUT2D eigenvalue weighted by molar-refractivity contribution is 5.94. The average molecular weight is 296 g/mol. The number of nitrogens with zero attached hydrogens (tertiary/aromatic N) is 1. The van der Waals surface area contributed by atoms with Gasteiger partial charge in [-0.15, -0.1) is 0 Å². The molecule has 1 heterocycles. The summed E-state index contributed by atoms with van der Waals surface area (Å²) >= 11 is 0. The molecule has 116 valence electrons. The zero-order chi connectivity index (χ0) is 15.2. The Balaban J connectivity index is 2.14. The lowest BCUT2D eigenvalue weighted by Gasteiger charge is -2.30. The Morgan fingerprint density at radius 3 is 2.67 bits per heavy atom. The van der Waals surface area contributed by atoms with Gasteiger partial charge in [0.2, 0.25) is 0 Å². The highest BCUT2D eigenvalue weighted by Crippen LogP contribution is 2.18. The van der Waals surface area contributed by atoms with E-state index in [9.17, 15) is 13.6 Å². The lowest BCUT2D eigenvalue weighted by atomic mass is 9.98. The molecular formula is C16H22F2N2O. The van der Waals surface area contributed by atoms with Gasteiger partial charge in [0.25, 0.3) is 5.91 Å². The van der Waals surface area contributed by atoms with Crippen LogP contribution in [0.25, 0.3) is 0 Å². The number of benzene rings is 1. The predicted octanol–water partition coefficient (Wildman–Crippen LogP) is 2.82. The van der Waals surface area contributed by atoms with Gasteiger partial charge in [-0.05, 0) is 50.4 Å². The molecule has 0 aliphatic carbocycles. The van der Waals surface area contributed by atoms with Gasteiger partial charge in [0.15, 0.2) is 0 Å². The molecule has 1 amide bonds. The summed E-state index contributed by atoms with van der Waals surface area (Å²) < 4.78 is 27.6. The van der Waals surface area contributed by atoms with Gasteiger partial charge in [0.1, 0.15) is 17.2 Å². The van der Waals surface area contributed by atoms with Gasteiger partial charge >= 0.3 is 0 Å². The maximum atomic E-state index is 13.8. The van der Waals surface area contributed by atoms with E-state index in [0.29, 0.717) is 19.0 Å². The summed E-state index contributed by atoms with van der Waals surface area (Å²) in [5.41, 5.74) is -0.435. The highest BCUT2D eigenvalue weighted by Gasteiger charge is 2.25. The monoisotopic (exact) mass is 296 g/mol. The number of piperidine rings is 1. The zero-order valence-corrected chi connectivity index (χ0v) is 12.4. The average Bonchev–Trinajstić information content (AvgIpc) is 2.47. The molecule has 1 N–H and O–H groups in total. The van der Waals surface area contributed by atoms with E-state index in [2.05, 4.69) is 5.32 Å². The van der Waals surface area contributed by atoms with Gasteiger partial charge in [-0.25, -0.2) is 8.78 Å². The van der Waals surface area contributed by atoms with Crippen LogP contribution in [0.4, 0.5) is 8.78 Å². The van der Waals surface area contributed by atoms with Crippen molar-refractivity contribution in [2.45, 2.75) is 26.2 Å². The van der Waals surface area contributed by atoms with Crippen molar-refractivity contribution in [3.63, 3.8) is 0 Å². The largest absolute Gasteiger partial charge is 0.338 e. The van der Waals surface area contributed by atoms with E-state index in [1.54, 1.807) is 4.90 Å². The predicted molar refractivity (Wildman–Crippen MR) is 78.1 cm³/mol. The van der Waals surface area contributed by atoms with Crippen LogP contribution < -0.4 is 5.32 Å². The Kier molecular flexibility index (Phi) is 5.67. The van der Waals surface area contributed by atoms with E-state index >= 15 is 0 Å². The second kappa shape index (κ2) is 7.50. The summed E-state index contributed by atoms with van der Waals surface area (Å²) in [4.78, 5) is 14.1. The normalized spacial score (nSPS) is 18.5. The molecule has 0 aromatic heterocycles. The quantitative estimate of drug-likeness (QED) is 0.906. The fourth-order valence-corrected chi connectivity index (χ4v) is 2.80. The maximum Gasteiger partial charge on any atom is 0.259 e. The molecule has 0 bridgehead atoms. The van der Waals surface area contributed by atoms with Crippen LogP contribution in [0.5, 0.6) is 0 Å². The molecule has 0 radical (unpaired) electrons. The molecule has 1 aliphatic rings. The maximum absolute atomic E-state index is 13.8. The molecule has 1 aliphatic heterocycles. The molecule has 3 nitrogen and oxygen atoms in total. The van der Waals surface area contributed by atoms with E-state index in [4.69, 9.17) is 0 Å². The summed E-state index contributed by atoms with van der Waals surface area (Å²) in [6.45, 7) is 4.88. The first-order valence-corrected chi connectivity index (χ1v) is 7.57. The molecular weight excluding hydrogens is 274 g/mol. The molecule has 1 aromatic rings. The zero-order valence-electron chi connectivity index (χ0n) is 12.4. The fourth-order valence-electron chi connectivity index (χ4n) is 2.80. The van der Waals surface area contributed by atoms with Crippen molar-refractivity contribution in [1.82, 2.24) is 10.2 Å². The topological polar surface area (TPSA) is 32.3 Å². The van der Waals surface area contributed by atoms with Crippen molar-refractivity contribution in [3.8, 4) is 0 Å². The Hall–Kier alpha value is -1.49. The van der Waals surface area contributed by atoms with Crippen LogP contribution in [-0.4, -0.2) is 37.0 Å². The van der Waals surface area contributed by atoms with E-state index in [-0.39, 0.29) is 0 Å². The Bertz CT molecular complexity index is 467. The molecule has 1 unspecified atom stereocenters. The SMILES string of the molecule is CCCN(CC1CCCNC1)C(=O)c1c(F)cccc1F. The summed E-state index contributed by atoms with van der Waals surface area (Å²) in [6.07, 6.45) is 2.88. The highest BCUT2D eigenvalue weighted by atomic mass is 19.1. The summed E-state index contributed by atoms with van der Waals surface area (Å²) in [7, 11) is 0. The molecule has 0 spiro atoms. The lowest BCUT2D eigenvalue weighted by Crippen LogP contribution is -2.41. The van der Waals surface area contributed by atoms with Crippen LogP contribution in [-0.2, 0) is 0 Å². The molecule has 5 heteroatoms. The third-order valence-electron chi connectivity index (χ3n) is 3.83. The number of hydrogen-bond acceptors (Lipinski definition) is 2. The van der Waals surface area contributed by atoms with Gasteiger partial charge in [-0.2, -0.15) is 0 Å². The first-order valence-electron chi connectivity index (χ1n) is 7.57. The third kappa shape index (κ3) is 4.00. The van der Waals surface area contributed by atoms with Crippen molar-refractivity contribution in [3.05, 3.63) is 35.4 Å². The first-order chi connectivity index (χ1) is 10.1. The number of rotatable bonds is 5. The van der Waals surface area contributed by atoms with E-state index < -0.39 is 23.1 Å². The van der Waals surface area contributed by atoms with Crippen molar-refractivity contribution in [1.29, 1.82) is 0 Å². The van der Waals surface area contributed by atoms with Crippen LogP contribution >= 0.6 is 0 Å². The minimum atomic E-state index is -0.789. The van der Waals surface area contributed by atoms with Gasteiger partial charge < -0.3 is 10.2 Å². The molecule has 1 saturated heterocycles. The fraction of sp³-hybridized carbons (Fsp3) is 0.562. The van der Waals surface area contributed by atoms with Crippen molar-refractivity contribution >= 4 is 5.91 Å². The number of amides is 1. The summed E-state index contributed by atoms with van der Waals surface area (Å²) in [6, 6.07) is 3.53. The van der Waals surface area contributed by atoms with Gasteiger partial charge in [0, 0.05) is 13.1 Å². The van der Waals surface area contributed by atoms with Crippen molar-refractivity contribution in [2.24, 2.45) is 5.92 Å². The molecule has 1 aromatic carbocycles. The number of nitrogens with one attached hydrogen (secondary N) is 1. The van der Waals surface area contributed by atoms with Gasteiger partial charge in [0.05, 0.1) is 0 Å². The van der Waals surface area contributed by atoms with E-state index in [1.807, 2.05) is 6.92 Å². The Labute approximate surface area is 124 Å². The van der Waals surface area contributed by atoms with Gasteiger partial charge in [-0.3, -0.25) is 4.79 Å². The summed E-state index contributed by atoms with van der Waals surface area (Å²) in [5, 5.41) is 3.30. The Morgan fingerprint density at radius 2 is 2.10 bits per heavy atom. The standard InChI is InChI=1S/C16H22F2N2O/c1-2-9-20(11-12-5-4-8-19-10-12)16(21)15-13(17)6-3-7-14(15)18/h3,6-7,12,19H,2,4-5,8-11H2,1H3. The molecule has 0 saturated carbocycles.